The first-order valence-electron chi connectivity index (χ1n) is 8.17. The van der Waals surface area contributed by atoms with Gasteiger partial charge in [-0.25, -0.2) is 0 Å². The average Bonchev–Trinajstić information content (AvgIpc) is 3.34. The summed E-state index contributed by atoms with van der Waals surface area (Å²) in [5.41, 5.74) is 0.0838. The quantitative estimate of drug-likeness (QED) is 0.554. The van der Waals surface area contributed by atoms with Gasteiger partial charge in [0.25, 0.3) is 11.5 Å². The van der Waals surface area contributed by atoms with E-state index in [9.17, 15) is 9.59 Å². The number of aromatic nitrogens is 1. The number of pyridine rings is 1. The molecule has 26 heavy (non-hydrogen) atoms. The SMILES string of the molecule is O=C(c1cc2ccccc2c(=O)[nH]1)N(Cc1cccs1)Cc1cccs1. The fourth-order valence-corrected chi connectivity index (χ4v) is 4.32. The van der Waals surface area contributed by atoms with E-state index in [1.165, 1.54) is 0 Å². The van der Waals surface area contributed by atoms with Crippen molar-refractivity contribution in [3.05, 3.63) is 91.2 Å². The van der Waals surface area contributed by atoms with Crippen LogP contribution in [0.15, 0.2) is 70.2 Å². The summed E-state index contributed by atoms with van der Waals surface area (Å²) >= 11 is 3.24. The monoisotopic (exact) mass is 380 g/mol. The minimum atomic E-state index is -0.237. The summed E-state index contributed by atoms with van der Waals surface area (Å²) in [6.07, 6.45) is 0. The zero-order valence-electron chi connectivity index (χ0n) is 13.8. The lowest BCUT2D eigenvalue weighted by molar-refractivity contribution is 0.0727. The minimum Gasteiger partial charge on any atom is -0.327 e. The van der Waals surface area contributed by atoms with Crippen LogP contribution in [0.4, 0.5) is 0 Å². The van der Waals surface area contributed by atoms with Gasteiger partial charge in [0.05, 0.1) is 13.1 Å². The topological polar surface area (TPSA) is 53.2 Å². The van der Waals surface area contributed by atoms with Crippen LogP contribution in [-0.2, 0) is 13.1 Å². The van der Waals surface area contributed by atoms with Crippen LogP contribution >= 0.6 is 22.7 Å². The van der Waals surface area contributed by atoms with Crippen LogP contribution in [-0.4, -0.2) is 15.8 Å². The number of rotatable bonds is 5. The molecule has 0 aliphatic rings. The molecule has 0 spiro atoms. The van der Waals surface area contributed by atoms with Crippen LogP contribution in [0, 0.1) is 0 Å². The van der Waals surface area contributed by atoms with Gasteiger partial charge in [0.1, 0.15) is 5.69 Å². The first kappa shape index (κ1) is 16.8. The molecular weight excluding hydrogens is 364 g/mol. The second-order valence-electron chi connectivity index (χ2n) is 5.92. The zero-order chi connectivity index (χ0) is 17.9. The average molecular weight is 380 g/mol. The molecule has 0 radical (unpaired) electrons. The lowest BCUT2D eigenvalue weighted by Crippen LogP contribution is -2.31. The third-order valence-electron chi connectivity index (χ3n) is 4.12. The molecule has 1 amide bonds. The molecule has 0 aliphatic carbocycles. The van der Waals surface area contributed by atoms with Gasteiger partial charge in [0, 0.05) is 15.1 Å². The van der Waals surface area contributed by atoms with E-state index in [0.717, 1.165) is 15.1 Å². The number of carbonyl (C=O) groups excluding carboxylic acids is 1. The van der Waals surface area contributed by atoms with E-state index in [4.69, 9.17) is 0 Å². The molecule has 4 nitrogen and oxygen atoms in total. The Kier molecular flexibility index (Phi) is 4.69. The normalized spacial score (nSPS) is 10.9. The maximum atomic E-state index is 13.2. The van der Waals surface area contributed by atoms with Crippen LogP contribution in [0.3, 0.4) is 0 Å². The van der Waals surface area contributed by atoms with Crippen molar-refractivity contribution in [1.29, 1.82) is 0 Å². The van der Waals surface area contributed by atoms with E-state index in [2.05, 4.69) is 4.98 Å². The second kappa shape index (κ2) is 7.27. The molecule has 1 N–H and O–H groups in total. The molecule has 4 rings (SSSR count). The third-order valence-corrected chi connectivity index (χ3v) is 5.85. The van der Waals surface area contributed by atoms with Crippen LogP contribution < -0.4 is 5.56 Å². The second-order valence-corrected chi connectivity index (χ2v) is 7.98. The Morgan fingerprint density at radius 1 is 0.923 bits per heavy atom. The van der Waals surface area contributed by atoms with E-state index in [-0.39, 0.29) is 11.5 Å². The fourth-order valence-electron chi connectivity index (χ4n) is 2.88. The molecule has 0 saturated carbocycles. The number of hydrogen-bond acceptors (Lipinski definition) is 4. The molecule has 3 heterocycles. The van der Waals surface area contributed by atoms with E-state index >= 15 is 0 Å². The molecule has 0 fully saturated rings. The van der Waals surface area contributed by atoms with Crippen molar-refractivity contribution in [3.8, 4) is 0 Å². The maximum absolute atomic E-state index is 13.2. The fraction of sp³-hybridized carbons (Fsp3) is 0.100. The van der Waals surface area contributed by atoms with Crippen LogP contribution in [0.5, 0.6) is 0 Å². The van der Waals surface area contributed by atoms with Crippen molar-refractivity contribution >= 4 is 39.4 Å². The van der Waals surface area contributed by atoms with Gasteiger partial charge in [0.15, 0.2) is 0 Å². The highest BCUT2D eigenvalue weighted by molar-refractivity contribution is 7.10. The summed E-state index contributed by atoms with van der Waals surface area (Å²) in [7, 11) is 0. The van der Waals surface area contributed by atoms with Gasteiger partial charge >= 0.3 is 0 Å². The zero-order valence-corrected chi connectivity index (χ0v) is 15.5. The molecule has 0 aliphatic heterocycles. The van der Waals surface area contributed by atoms with Gasteiger partial charge in [0.2, 0.25) is 0 Å². The van der Waals surface area contributed by atoms with Crippen LogP contribution in [0.25, 0.3) is 10.8 Å². The number of H-pyrrole nitrogens is 1. The van der Waals surface area contributed by atoms with Crippen molar-refractivity contribution in [2.24, 2.45) is 0 Å². The molecule has 1 aromatic carbocycles. The number of nitrogens with zero attached hydrogens (tertiary/aromatic N) is 1. The number of amides is 1. The highest BCUT2D eigenvalue weighted by Crippen LogP contribution is 2.20. The summed E-state index contributed by atoms with van der Waals surface area (Å²) in [5, 5.41) is 5.36. The van der Waals surface area contributed by atoms with E-state index in [0.29, 0.717) is 24.2 Å². The summed E-state index contributed by atoms with van der Waals surface area (Å²) < 4.78 is 0. The van der Waals surface area contributed by atoms with Gasteiger partial charge in [-0.05, 0) is 40.4 Å². The van der Waals surface area contributed by atoms with Gasteiger partial charge in [-0.2, -0.15) is 0 Å². The van der Waals surface area contributed by atoms with Gasteiger partial charge < -0.3 is 9.88 Å². The Hall–Kier alpha value is -2.70. The lowest BCUT2D eigenvalue weighted by atomic mass is 10.1. The molecule has 0 saturated heterocycles. The van der Waals surface area contributed by atoms with Crippen LogP contribution in [0.1, 0.15) is 20.2 Å². The van der Waals surface area contributed by atoms with E-state index in [1.807, 2.05) is 53.2 Å². The maximum Gasteiger partial charge on any atom is 0.271 e. The summed E-state index contributed by atoms with van der Waals surface area (Å²) in [6.45, 7) is 1.03. The molecule has 4 aromatic rings. The van der Waals surface area contributed by atoms with Crippen LogP contribution in [0.2, 0.25) is 0 Å². The van der Waals surface area contributed by atoms with Gasteiger partial charge in [-0.15, -0.1) is 22.7 Å². The molecule has 6 heteroatoms. The number of benzene rings is 1. The first-order valence-corrected chi connectivity index (χ1v) is 9.93. The summed E-state index contributed by atoms with van der Waals surface area (Å²) in [4.78, 5) is 32.2. The van der Waals surface area contributed by atoms with Crippen molar-refractivity contribution in [1.82, 2.24) is 9.88 Å². The number of aromatic amines is 1. The number of carbonyl (C=O) groups is 1. The Morgan fingerprint density at radius 2 is 1.58 bits per heavy atom. The number of nitrogens with one attached hydrogen (secondary N) is 1. The predicted molar refractivity (Wildman–Crippen MR) is 107 cm³/mol. The first-order chi connectivity index (χ1) is 12.7. The molecule has 0 atom stereocenters. The highest BCUT2D eigenvalue weighted by Gasteiger charge is 2.19. The summed E-state index contributed by atoms with van der Waals surface area (Å²) in [6, 6.07) is 17.0. The minimum absolute atomic E-state index is 0.172. The van der Waals surface area contributed by atoms with Crippen molar-refractivity contribution in [2.45, 2.75) is 13.1 Å². The number of hydrogen-bond donors (Lipinski definition) is 1. The van der Waals surface area contributed by atoms with Crippen molar-refractivity contribution in [3.63, 3.8) is 0 Å². The largest absolute Gasteiger partial charge is 0.327 e. The van der Waals surface area contributed by atoms with Crippen molar-refractivity contribution in [2.75, 3.05) is 0 Å². The molecule has 130 valence electrons. The smallest absolute Gasteiger partial charge is 0.271 e. The third kappa shape index (κ3) is 3.47. The molecule has 0 unspecified atom stereocenters. The van der Waals surface area contributed by atoms with E-state index < -0.39 is 0 Å². The number of thiophene rings is 2. The Labute approximate surface area is 158 Å². The predicted octanol–water partition coefficient (Wildman–Crippen LogP) is 4.49. The van der Waals surface area contributed by atoms with Gasteiger partial charge in [-0.3, -0.25) is 9.59 Å². The Bertz CT molecular complexity index is 1050. The van der Waals surface area contributed by atoms with E-state index in [1.54, 1.807) is 39.7 Å². The van der Waals surface area contributed by atoms with Gasteiger partial charge in [-0.1, -0.05) is 30.3 Å². The molecular formula is C20H16N2O2S2. The lowest BCUT2D eigenvalue weighted by Gasteiger charge is -2.21. The molecule has 3 aromatic heterocycles. The highest BCUT2D eigenvalue weighted by atomic mass is 32.1. The standard InChI is InChI=1S/C20H16N2O2S2/c23-19-17-8-2-1-5-14(17)11-18(21-19)20(24)22(12-15-6-3-9-25-15)13-16-7-4-10-26-16/h1-11H,12-13H2,(H,21,23). The Balaban J connectivity index is 1.70. The molecule has 0 bridgehead atoms. The Morgan fingerprint density at radius 3 is 2.19 bits per heavy atom. The number of fused-ring (bicyclic) bond motifs is 1. The van der Waals surface area contributed by atoms with Crippen molar-refractivity contribution < 1.29 is 4.79 Å². The summed E-state index contributed by atoms with van der Waals surface area (Å²) in [5.74, 6) is -0.172.